The molecule has 1 aromatic carbocycles. The van der Waals surface area contributed by atoms with Gasteiger partial charge < -0.3 is 14.6 Å². The van der Waals surface area contributed by atoms with Gasteiger partial charge in [0, 0.05) is 18.5 Å². The van der Waals surface area contributed by atoms with Gasteiger partial charge >= 0.3 is 6.18 Å². The van der Waals surface area contributed by atoms with Gasteiger partial charge in [-0.1, -0.05) is 21.4 Å². The van der Waals surface area contributed by atoms with E-state index in [4.69, 9.17) is 9.47 Å². The van der Waals surface area contributed by atoms with Gasteiger partial charge in [-0.15, -0.1) is 0 Å². The Balaban J connectivity index is 1.73. The molecule has 3 unspecified atom stereocenters. The number of rotatable bonds is 2. The minimum atomic E-state index is -4.60. The molecule has 0 saturated heterocycles. The normalized spacial score (nSPS) is 29.4. The van der Waals surface area contributed by atoms with Crippen LogP contribution in [-0.2, 0) is 12.8 Å². The zero-order valence-corrected chi connectivity index (χ0v) is 14.2. The van der Waals surface area contributed by atoms with Crippen LogP contribution in [0.25, 0.3) is 0 Å². The van der Waals surface area contributed by atoms with Crippen molar-refractivity contribution in [1.82, 2.24) is 0 Å². The first kappa shape index (κ1) is 16.5. The van der Waals surface area contributed by atoms with Crippen molar-refractivity contribution in [3.8, 4) is 11.5 Å². The third kappa shape index (κ3) is 2.50. The summed E-state index contributed by atoms with van der Waals surface area (Å²) < 4.78 is 52.0. The molecule has 24 heavy (non-hydrogen) atoms. The summed E-state index contributed by atoms with van der Waals surface area (Å²) in [5.41, 5.74) is -1.30. The van der Waals surface area contributed by atoms with Crippen LogP contribution in [0.1, 0.15) is 36.8 Å². The highest BCUT2D eigenvalue weighted by atomic mass is 31.1. The molecule has 0 aromatic heterocycles. The average molecular weight is 360 g/mol. The van der Waals surface area contributed by atoms with E-state index in [1.165, 1.54) is 0 Å². The molecule has 1 N–H and O–H groups in total. The van der Waals surface area contributed by atoms with Gasteiger partial charge in [-0.3, -0.25) is 0 Å². The predicted molar refractivity (Wildman–Crippen MR) is 86.0 cm³/mol. The van der Waals surface area contributed by atoms with Crippen LogP contribution in [0.4, 0.5) is 13.2 Å². The Labute approximate surface area is 140 Å². The van der Waals surface area contributed by atoms with Crippen LogP contribution in [0.3, 0.4) is 0 Å². The van der Waals surface area contributed by atoms with Crippen LogP contribution in [0.2, 0.25) is 0 Å². The summed E-state index contributed by atoms with van der Waals surface area (Å²) in [4.78, 5) is 0. The van der Waals surface area contributed by atoms with Gasteiger partial charge in [0.1, 0.15) is 11.5 Å². The van der Waals surface area contributed by atoms with Crippen molar-refractivity contribution in [1.29, 1.82) is 0 Å². The van der Waals surface area contributed by atoms with Gasteiger partial charge in [0.15, 0.2) is 5.60 Å². The van der Waals surface area contributed by atoms with Crippen molar-refractivity contribution < 1.29 is 27.8 Å². The molecule has 2 aliphatic heterocycles. The second-order valence-corrected chi connectivity index (χ2v) is 8.28. The number of halogens is 3. The molecule has 0 amide bonds. The summed E-state index contributed by atoms with van der Waals surface area (Å²) in [7, 11) is -0.157. The van der Waals surface area contributed by atoms with E-state index in [0.29, 0.717) is 37.6 Å². The summed E-state index contributed by atoms with van der Waals surface area (Å²) in [6.45, 7) is 1.12. The fourth-order valence-electron chi connectivity index (χ4n) is 3.99. The highest BCUT2D eigenvalue weighted by Crippen LogP contribution is 2.51. The quantitative estimate of drug-likeness (QED) is 0.824. The van der Waals surface area contributed by atoms with Crippen LogP contribution < -0.4 is 14.8 Å². The van der Waals surface area contributed by atoms with Gasteiger partial charge in [0.2, 0.25) is 0 Å². The fourth-order valence-corrected chi connectivity index (χ4v) is 5.96. The number of benzene rings is 1. The Morgan fingerprint density at radius 3 is 2.29 bits per heavy atom. The van der Waals surface area contributed by atoms with Crippen molar-refractivity contribution in [2.24, 2.45) is 0 Å². The molecular formula is C17H20F3O3P. The van der Waals surface area contributed by atoms with Crippen molar-refractivity contribution >= 4 is 13.9 Å². The lowest BCUT2D eigenvalue weighted by atomic mass is 9.84. The molecule has 3 atom stereocenters. The Morgan fingerprint density at radius 1 is 1.08 bits per heavy atom. The smallest absolute Gasteiger partial charge is 0.417 e. The standard InChI is InChI=1S/C17H20F3O3P/c18-17(19,20)16(21)6-2-1-3-12(16)24-15-13-10(4-7-22-13)9-11-5-8-23-14(11)15/h9,12,21,24H,1-8H2. The van der Waals surface area contributed by atoms with Crippen molar-refractivity contribution in [3.05, 3.63) is 17.2 Å². The molecule has 132 valence electrons. The molecule has 3 aliphatic rings. The minimum absolute atomic E-state index is 0.157. The summed E-state index contributed by atoms with van der Waals surface area (Å²) in [6.07, 6.45) is -1.74. The van der Waals surface area contributed by atoms with Crippen LogP contribution >= 0.6 is 8.58 Å². The SMILES string of the molecule is OC1(C(F)(F)F)CCCCC1Pc1c2c(cc3c1OCC3)CCO2. The lowest BCUT2D eigenvalue weighted by Crippen LogP contribution is -2.54. The van der Waals surface area contributed by atoms with E-state index in [9.17, 15) is 18.3 Å². The van der Waals surface area contributed by atoms with Crippen molar-refractivity contribution in [2.45, 2.75) is 56.0 Å². The molecule has 1 aromatic rings. The lowest BCUT2D eigenvalue weighted by Gasteiger charge is -2.41. The van der Waals surface area contributed by atoms with Crippen LogP contribution in [0, 0.1) is 0 Å². The van der Waals surface area contributed by atoms with Gasteiger partial charge in [0.25, 0.3) is 0 Å². The number of hydrogen-bond donors (Lipinski definition) is 1. The predicted octanol–water partition coefficient (Wildman–Crippen LogP) is 3.10. The maximum atomic E-state index is 13.5. The molecule has 3 nitrogen and oxygen atoms in total. The van der Waals surface area contributed by atoms with Gasteiger partial charge in [-0.25, -0.2) is 0 Å². The molecule has 1 aliphatic carbocycles. The molecule has 7 heteroatoms. The first-order valence-corrected chi connectivity index (χ1v) is 9.48. The van der Waals surface area contributed by atoms with Crippen LogP contribution in [0.5, 0.6) is 11.5 Å². The van der Waals surface area contributed by atoms with Crippen LogP contribution in [0.15, 0.2) is 6.07 Å². The van der Waals surface area contributed by atoms with E-state index in [2.05, 4.69) is 6.07 Å². The third-order valence-electron chi connectivity index (χ3n) is 5.31. The lowest BCUT2D eigenvalue weighted by molar-refractivity contribution is -0.267. The van der Waals surface area contributed by atoms with Gasteiger partial charge in [-0.05, 0) is 30.0 Å². The average Bonchev–Trinajstić information content (AvgIpc) is 3.16. The van der Waals surface area contributed by atoms with Gasteiger partial charge in [-0.2, -0.15) is 13.2 Å². The summed E-state index contributed by atoms with van der Waals surface area (Å²) in [5, 5.41) is 11.2. The second kappa shape index (κ2) is 5.77. The van der Waals surface area contributed by atoms with E-state index < -0.39 is 17.4 Å². The minimum Gasteiger partial charge on any atom is -0.492 e. The van der Waals surface area contributed by atoms with E-state index >= 15 is 0 Å². The number of hydrogen-bond acceptors (Lipinski definition) is 3. The molecule has 0 bridgehead atoms. The first-order chi connectivity index (χ1) is 11.4. The molecule has 2 heterocycles. The highest BCUT2D eigenvalue weighted by Gasteiger charge is 2.59. The molecule has 4 rings (SSSR count). The van der Waals surface area contributed by atoms with Crippen molar-refractivity contribution in [2.75, 3.05) is 13.2 Å². The first-order valence-electron chi connectivity index (χ1n) is 8.40. The summed E-state index contributed by atoms with van der Waals surface area (Å²) in [5.74, 6) is 1.40. The Bertz CT molecular complexity index is 629. The maximum Gasteiger partial charge on any atom is 0.417 e. The zero-order chi connectivity index (χ0) is 16.9. The Hall–Kier alpha value is -1.00. The monoisotopic (exact) mass is 360 g/mol. The van der Waals surface area contributed by atoms with E-state index in [1.54, 1.807) is 0 Å². The number of aliphatic hydroxyl groups is 1. The number of alkyl halides is 3. The third-order valence-corrected chi connectivity index (χ3v) is 7.17. The van der Waals surface area contributed by atoms with E-state index in [1.807, 2.05) is 0 Å². The largest absolute Gasteiger partial charge is 0.492 e. The second-order valence-electron chi connectivity index (χ2n) is 6.79. The molecule has 0 radical (unpaired) electrons. The Kier molecular flexibility index (Phi) is 3.96. The maximum absolute atomic E-state index is 13.5. The molecule has 1 fully saturated rings. The summed E-state index contributed by atoms with van der Waals surface area (Å²) >= 11 is 0. The zero-order valence-electron chi connectivity index (χ0n) is 13.2. The molecule has 0 spiro atoms. The number of ether oxygens (including phenoxy) is 2. The number of fused-ring (bicyclic) bond motifs is 2. The van der Waals surface area contributed by atoms with E-state index in [0.717, 1.165) is 35.7 Å². The van der Waals surface area contributed by atoms with Gasteiger partial charge in [0.05, 0.1) is 18.5 Å². The van der Waals surface area contributed by atoms with Crippen molar-refractivity contribution in [3.63, 3.8) is 0 Å². The molecular weight excluding hydrogens is 340 g/mol. The fraction of sp³-hybridized carbons (Fsp3) is 0.647. The molecule has 1 saturated carbocycles. The van der Waals surface area contributed by atoms with Crippen LogP contribution in [-0.4, -0.2) is 35.8 Å². The topological polar surface area (TPSA) is 38.7 Å². The Morgan fingerprint density at radius 2 is 1.71 bits per heavy atom. The highest BCUT2D eigenvalue weighted by molar-refractivity contribution is 7.48. The van der Waals surface area contributed by atoms with E-state index in [-0.39, 0.29) is 15.0 Å². The summed E-state index contributed by atoms with van der Waals surface area (Å²) in [6, 6.07) is 2.06.